The van der Waals surface area contributed by atoms with E-state index in [0.717, 1.165) is 21.3 Å². The smallest absolute Gasteiger partial charge is 0.225 e. The summed E-state index contributed by atoms with van der Waals surface area (Å²) >= 11 is 3.45. The van der Waals surface area contributed by atoms with E-state index in [-0.39, 0.29) is 11.9 Å². The summed E-state index contributed by atoms with van der Waals surface area (Å²) in [4.78, 5) is 11.9. The molecule has 4 heteroatoms. The van der Waals surface area contributed by atoms with Crippen molar-refractivity contribution in [3.8, 4) is 0 Å². The summed E-state index contributed by atoms with van der Waals surface area (Å²) in [7, 11) is 0. The second kappa shape index (κ2) is 5.41. The minimum atomic E-state index is 0.0149. The number of amides is 1. The van der Waals surface area contributed by atoms with E-state index in [2.05, 4.69) is 21.2 Å². The van der Waals surface area contributed by atoms with Gasteiger partial charge in [0.05, 0.1) is 0 Å². The van der Waals surface area contributed by atoms with Gasteiger partial charge in [0.25, 0.3) is 0 Å². The maximum Gasteiger partial charge on any atom is 0.225 e. The summed E-state index contributed by atoms with van der Waals surface area (Å²) in [6, 6.07) is 4.02. The van der Waals surface area contributed by atoms with Gasteiger partial charge in [0.1, 0.15) is 0 Å². The van der Waals surface area contributed by atoms with Crippen LogP contribution in [0.15, 0.2) is 16.6 Å². The number of hydrogen-bond donors (Lipinski definition) is 2. The largest absolute Gasteiger partial charge is 0.327 e. The number of carbonyl (C=O) groups is 1. The molecule has 1 amide bonds. The van der Waals surface area contributed by atoms with Crippen molar-refractivity contribution in [1.82, 2.24) is 0 Å². The first-order valence-corrected chi connectivity index (χ1v) is 7.09. The number of aryl methyl sites for hydroxylation is 2. The van der Waals surface area contributed by atoms with E-state index >= 15 is 0 Å². The van der Waals surface area contributed by atoms with E-state index < -0.39 is 0 Å². The van der Waals surface area contributed by atoms with Crippen LogP contribution in [0.25, 0.3) is 0 Å². The molecule has 1 saturated carbocycles. The number of hydrogen-bond acceptors (Lipinski definition) is 2. The monoisotopic (exact) mass is 310 g/mol. The molecule has 1 fully saturated rings. The van der Waals surface area contributed by atoms with E-state index in [0.29, 0.717) is 12.3 Å². The second-order valence-corrected chi connectivity index (χ2v) is 6.08. The van der Waals surface area contributed by atoms with Gasteiger partial charge >= 0.3 is 0 Å². The van der Waals surface area contributed by atoms with Crippen LogP contribution in [-0.2, 0) is 4.79 Å². The minimum Gasteiger partial charge on any atom is -0.327 e. The first-order valence-electron chi connectivity index (χ1n) is 6.29. The Balaban J connectivity index is 2.02. The number of halogens is 1. The third kappa shape index (κ3) is 3.33. The highest BCUT2D eigenvalue weighted by Gasteiger charge is 2.29. The predicted molar refractivity (Wildman–Crippen MR) is 77.6 cm³/mol. The average Bonchev–Trinajstić information content (AvgIpc) is 3.06. The molecule has 2 rings (SSSR count). The van der Waals surface area contributed by atoms with Gasteiger partial charge in [0, 0.05) is 22.6 Å². The fraction of sp³-hybridized carbons (Fsp3) is 0.500. The molecular formula is C14H19BrN2O. The molecule has 0 aliphatic heterocycles. The number of nitrogens with one attached hydrogen (secondary N) is 1. The molecule has 0 radical (unpaired) electrons. The Morgan fingerprint density at radius 1 is 1.44 bits per heavy atom. The lowest BCUT2D eigenvalue weighted by Gasteiger charge is -2.14. The van der Waals surface area contributed by atoms with Crippen molar-refractivity contribution in [3.05, 3.63) is 27.7 Å². The molecule has 1 aromatic rings. The van der Waals surface area contributed by atoms with Gasteiger partial charge in [-0.15, -0.1) is 0 Å². The van der Waals surface area contributed by atoms with Crippen LogP contribution >= 0.6 is 15.9 Å². The SMILES string of the molecule is Cc1cc(Br)cc(C)c1NC(=O)CC(N)C1CC1. The van der Waals surface area contributed by atoms with E-state index in [4.69, 9.17) is 5.73 Å². The molecule has 0 heterocycles. The lowest BCUT2D eigenvalue weighted by Crippen LogP contribution is -2.29. The first kappa shape index (κ1) is 13.6. The Morgan fingerprint density at radius 2 is 2.00 bits per heavy atom. The Kier molecular flexibility index (Phi) is 4.07. The Bertz CT molecular complexity index is 446. The lowest BCUT2D eigenvalue weighted by atomic mass is 10.1. The molecule has 0 saturated heterocycles. The number of carbonyl (C=O) groups excluding carboxylic acids is 1. The molecule has 1 atom stereocenters. The second-order valence-electron chi connectivity index (χ2n) is 5.17. The molecule has 18 heavy (non-hydrogen) atoms. The molecule has 0 bridgehead atoms. The van der Waals surface area contributed by atoms with E-state index in [1.807, 2.05) is 26.0 Å². The zero-order chi connectivity index (χ0) is 13.3. The summed E-state index contributed by atoms with van der Waals surface area (Å²) in [6.07, 6.45) is 2.76. The highest BCUT2D eigenvalue weighted by molar-refractivity contribution is 9.10. The van der Waals surface area contributed by atoms with Crippen molar-refractivity contribution in [2.75, 3.05) is 5.32 Å². The zero-order valence-corrected chi connectivity index (χ0v) is 12.4. The van der Waals surface area contributed by atoms with E-state index in [9.17, 15) is 4.79 Å². The van der Waals surface area contributed by atoms with Gasteiger partial charge < -0.3 is 11.1 Å². The molecule has 1 aromatic carbocycles. The van der Waals surface area contributed by atoms with Gasteiger partial charge in [0.2, 0.25) is 5.91 Å². The molecular weight excluding hydrogens is 292 g/mol. The number of benzene rings is 1. The summed E-state index contributed by atoms with van der Waals surface area (Å²) in [6.45, 7) is 3.99. The summed E-state index contributed by atoms with van der Waals surface area (Å²) < 4.78 is 1.03. The maximum atomic E-state index is 11.9. The summed E-state index contributed by atoms with van der Waals surface area (Å²) in [5.41, 5.74) is 9.00. The van der Waals surface area contributed by atoms with Gasteiger partial charge in [-0.25, -0.2) is 0 Å². The average molecular weight is 311 g/mol. The van der Waals surface area contributed by atoms with E-state index in [1.54, 1.807) is 0 Å². The van der Waals surface area contributed by atoms with Crippen molar-refractivity contribution < 1.29 is 4.79 Å². The molecule has 1 unspecified atom stereocenters. The van der Waals surface area contributed by atoms with Gasteiger partial charge in [-0.3, -0.25) is 4.79 Å². The highest BCUT2D eigenvalue weighted by Crippen LogP contribution is 2.33. The molecule has 1 aliphatic carbocycles. The lowest BCUT2D eigenvalue weighted by molar-refractivity contribution is -0.116. The quantitative estimate of drug-likeness (QED) is 0.897. The number of nitrogens with two attached hydrogens (primary N) is 1. The fourth-order valence-corrected chi connectivity index (χ4v) is 2.89. The Morgan fingerprint density at radius 3 is 2.50 bits per heavy atom. The van der Waals surface area contributed by atoms with Gasteiger partial charge in [-0.05, 0) is 55.9 Å². The molecule has 0 aromatic heterocycles. The van der Waals surface area contributed by atoms with Crippen molar-refractivity contribution in [2.24, 2.45) is 11.7 Å². The van der Waals surface area contributed by atoms with E-state index in [1.165, 1.54) is 12.8 Å². The fourth-order valence-electron chi connectivity index (χ4n) is 2.20. The molecule has 3 nitrogen and oxygen atoms in total. The molecule has 3 N–H and O–H groups in total. The van der Waals surface area contributed by atoms with Crippen LogP contribution in [0.1, 0.15) is 30.4 Å². The van der Waals surface area contributed by atoms with Crippen molar-refractivity contribution in [2.45, 2.75) is 39.2 Å². The third-order valence-electron chi connectivity index (χ3n) is 3.41. The Hall–Kier alpha value is -0.870. The normalized spacial score (nSPS) is 16.4. The third-order valence-corrected chi connectivity index (χ3v) is 3.87. The van der Waals surface area contributed by atoms with Gasteiger partial charge in [0.15, 0.2) is 0 Å². The van der Waals surface area contributed by atoms with Gasteiger partial charge in [-0.1, -0.05) is 15.9 Å². The summed E-state index contributed by atoms with van der Waals surface area (Å²) in [5.74, 6) is 0.575. The van der Waals surface area contributed by atoms with Crippen LogP contribution in [0.4, 0.5) is 5.69 Å². The highest BCUT2D eigenvalue weighted by atomic mass is 79.9. The Labute approximate surface area is 116 Å². The summed E-state index contributed by atoms with van der Waals surface area (Å²) in [5, 5.41) is 2.98. The van der Waals surface area contributed by atoms with Crippen LogP contribution in [0.3, 0.4) is 0 Å². The van der Waals surface area contributed by atoms with Crippen molar-refractivity contribution in [1.29, 1.82) is 0 Å². The first-order chi connectivity index (χ1) is 8.47. The van der Waals surface area contributed by atoms with Crippen LogP contribution < -0.4 is 11.1 Å². The predicted octanol–water partition coefficient (Wildman–Crippen LogP) is 3.13. The molecule has 0 spiro atoms. The standard InChI is InChI=1S/C14H19BrN2O/c1-8-5-11(15)6-9(2)14(8)17-13(18)7-12(16)10-3-4-10/h5-6,10,12H,3-4,7,16H2,1-2H3,(H,17,18). The number of rotatable bonds is 4. The van der Waals surface area contributed by atoms with Crippen LogP contribution in [-0.4, -0.2) is 11.9 Å². The maximum absolute atomic E-state index is 11.9. The molecule has 98 valence electrons. The molecule has 1 aliphatic rings. The van der Waals surface area contributed by atoms with Crippen LogP contribution in [0, 0.1) is 19.8 Å². The number of anilines is 1. The van der Waals surface area contributed by atoms with Crippen LogP contribution in [0.5, 0.6) is 0 Å². The topological polar surface area (TPSA) is 55.1 Å². The minimum absolute atomic E-state index is 0.0149. The van der Waals surface area contributed by atoms with Gasteiger partial charge in [-0.2, -0.15) is 0 Å². The van der Waals surface area contributed by atoms with Crippen molar-refractivity contribution >= 4 is 27.5 Å². The zero-order valence-electron chi connectivity index (χ0n) is 10.8. The van der Waals surface area contributed by atoms with Crippen molar-refractivity contribution in [3.63, 3.8) is 0 Å². The van der Waals surface area contributed by atoms with Crippen LogP contribution in [0.2, 0.25) is 0 Å².